The van der Waals surface area contributed by atoms with Crippen molar-refractivity contribution in [1.29, 1.82) is 0 Å². The smallest absolute Gasteiger partial charge is 0.776 e. The molecule has 0 aliphatic carbocycles. The fourth-order valence-electron chi connectivity index (χ4n) is 5.43. The standard InChI is InChI=1S/C32H33F2N5O8P.Na/c1-2-15-35-18-28(40)39-25(16-21-11-13-24(14-12-21)47-48(43)44)30(41)38(19-23-9-6-10-26-29(23)46-32(33,34)45-26)20-27(39)37-31(42)36-17-22-7-4-3-5-8-22;/h2-14,25,27,35,43H,1,15-20H2,(H2,36,37,42);/q-1;+1/t25-,27+;/m0./s1. The molecule has 49 heavy (non-hydrogen) atoms. The number of ether oxygens (including phenoxy) is 2. The number of hydrogen-bond acceptors (Lipinski definition) is 9. The van der Waals surface area contributed by atoms with E-state index in [1.165, 1.54) is 40.1 Å². The third-order valence-electron chi connectivity index (χ3n) is 7.52. The Morgan fingerprint density at radius 1 is 1.08 bits per heavy atom. The van der Waals surface area contributed by atoms with Crippen LogP contribution in [0.2, 0.25) is 0 Å². The Labute approximate surface area is 304 Å². The van der Waals surface area contributed by atoms with E-state index in [1.54, 1.807) is 18.2 Å². The molecule has 17 heteroatoms. The van der Waals surface area contributed by atoms with Crippen LogP contribution in [0.3, 0.4) is 0 Å². The van der Waals surface area contributed by atoms with Crippen molar-refractivity contribution in [2.75, 3.05) is 19.6 Å². The van der Waals surface area contributed by atoms with Gasteiger partial charge in [-0.2, -0.15) is 0 Å². The second-order valence-electron chi connectivity index (χ2n) is 10.9. The third-order valence-corrected chi connectivity index (χ3v) is 7.88. The Morgan fingerprint density at radius 2 is 1.82 bits per heavy atom. The molecule has 1 fully saturated rings. The summed E-state index contributed by atoms with van der Waals surface area (Å²) in [6.07, 6.45) is -3.38. The molecule has 0 radical (unpaired) electrons. The van der Waals surface area contributed by atoms with E-state index < -0.39 is 45.0 Å². The summed E-state index contributed by atoms with van der Waals surface area (Å²) in [7, 11) is -2.89. The first kappa shape index (κ1) is 38.0. The van der Waals surface area contributed by atoms with Crippen LogP contribution in [-0.2, 0) is 29.1 Å². The van der Waals surface area contributed by atoms with Crippen molar-refractivity contribution in [3.05, 3.63) is 102 Å². The molecule has 2 heterocycles. The van der Waals surface area contributed by atoms with Crippen molar-refractivity contribution in [2.24, 2.45) is 0 Å². The molecule has 0 bridgehead atoms. The first-order valence-corrected chi connectivity index (χ1v) is 16.0. The fraction of sp³-hybridized carbons (Fsp3) is 0.281. The van der Waals surface area contributed by atoms with Crippen LogP contribution in [0.4, 0.5) is 13.6 Å². The van der Waals surface area contributed by atoms with Gasteiger partial charge in [0.2, 0.25) is 11.8 Å². The number of para-hydroxylation sites is 1. The van der Waals surface area contributed by atoms with Gasteiger partial charge in [-0.05, 0) is 29.3 Å². The number of carbonyl (C=O) groups is 3. The molecule has 13 nitrogen and oxygen atoms in total. The van der Waals surface area contributed by atoms with E-state index in [1.807, 2.05) is 30.3 Å². The number of fused-ring (bicyclic) bond motifs is 1. The molecular weight excluding hydrogens is 674 g/mol. The second-order valence-corrected chi connectivity index (χ2v) is 11.5. The minimum Gasteiger partial charge on any atom is -0.776 e. The number of alkyl halides is 2. The van der Waals surface area contributed by atoms with Crippen LogP contribution in [0.25, 0.3) is 0 Å². The Bertz CT molecular complexity index is 1620. The van der Waals surface area contributed by atoms with Crippen LogP contribution in [0.1, 0.15) is 16.7 Å². The topological polar surface area (TPSA) is 165 Å². The van der Waals surface area contributed by atoms with E-state index in [2.05, 4.69) is 27.3 Å². The zero-order valence-corrected chi connectivity index (χ0v) is 29.4. The molecule has 3 aromatic rings. The predicted molar refractivity (Wildman–Crippen MR) is 167 cm³/mol. The molecule has 0 spiro atoms. The summed E-state index contributed by atoms with van der Waals surface area (Å²) >= 11 is 0. The molecule has 254 valence electrons. The molecule has 2 aliphatic heterocycles. The Balaban J connectivity index is 0.00000541. The molecule has 0 saturated carbocycles. The van der Waals surface area contributed by atoms with Gasteiger partial charge in [0.15, 0.2) is 11.5 Å². The number of nitrogens with zero attached hydrogens (tertiary/aromatic N) is 2. The van der Waals surface area contributed by atoms with Gasteiger partial charge in [0.1, 0.15) is 26.6 Å². The van der Waals surface area contributed by atoms with Gasteiger partial charge >= 0.3 is 41.9 Å². The fourth-order valence-corrected chi connectivity index (χ4v) is 5.73. The van der Waals surface area contributed by atoms with Gasteiger partial charge in [0.05, 0.1) is 13.1 Å². The van der Waals surface area contributed by atoms with E-state index in [9.17, 15) is 28.1 Å². The number of urea groups is 1. The van der Waals surface area contributed by atoms with Gasteiger partial charge in [0, 0.05) is 31.6 Å². The van der Waals surface area contributed by atoms with E-state index in [0.29, 0.717) is 12.1 Å². The van der Waals surface area contributed by atoms with E-state index in [4.69, 9.17) is 14.2 Å². The maximum Gasteiger partial charge on any atom is 1.00 e. The Hall–Kier alpha value is -3.82. The summed E-state index contributed by atoms with van der Waals surface area (Å²) in [5.74, 6) is -1.30. The number of halogens is 2. The summed E-state index contributed by atoms with van der Waals surface area (Å²) in [6.45, 7) is 3.57. The van der Waals surface area contributed by atoms with Crippen LogP contribution in [0.5, 0.6) is 17.2 Å². The van der Waals surface area contributed by atoms with Crippen molar-refractivity contribution >= 4 is 26.4 Å². The minimum absolute atomic E-state index is 0. The third kappa shape index (κ3) is 10.1. The molecule has 5 rings (SSSR count). The predicted octanol–water partition coefficient (Wildman–Crippen LogP) is -0.646. The number of hydrogen-bond donors (Lipinski definition) is 4. The first-order valence-electron chi connectivity index (χ1n) is 14.8. The largest absolute Gasteiger partial charge is 1.00 e. The normalized spacial score (nSPS) is 18.2. The van der Waals surface area contributed by atoms with Crippen molar-refractivity contribution < 1.29 is 76.5 Å². The summed E-state index contributed by atoms with van der Waals surface area (Å²) in [5.41, 5.74) is 1.63. The second kappa shape index (κ2) is 17.2. The number of piperazine rings is 1. The molecule has 3 atom stereocenters. The minimum atomic E-state index is -3.88. The van der Waals surface area contributed by atoms with Gasteiger partial charge in [-0.3, -0.25) is 9.59 Å². The summed E-state index contributed by atoms with van der Waals surface area (Å²) in [5, 5.41) is 8.51. The van der Waals surface area contributed by atoms with Gasteiger partial charge in [-0.15, -0.1) is 15.4 Å². The summed E-state index contributed by atoms with van der Waals surface area (Å²) < 4.78 is 42.1. The van der Waals surface area contributed by atoms with Crippen LogP contribution in [-0.4, -0.2) is 70.7 Å². The van der Waals surface area contributed by atoms with Crippen LogP contribution in [0, 0.1) is 0 Å². The molecule has 1 unspecified atom stereocenters. The SMILES string of the molecule is C=CCNCC(=O)N1[C@@H](NC(=O)NCc2ccccc2)CN(Cc2cccc3c2OC(F)(F)O3)C(=O)[C@@H]1Cc1ccc(OP([O-])O)cc1.[Na+]. The van der Waals surface area contributed by atoms with E-state index in [0.717, 1.165) is 5.56 Å². The average molecular weight is 708 g/mol. The van der Waals surface area contributed by atoms with Crippen molar-refractivity contribution in [2.45, 2.75) is 38.0 Å². The summed E-state index contributed by atoms with van der Waals surface area (Å²) in [4.78, 5) is 64.0. The molecule has 1 saturated heterocycles. The molecule has 3 aromatic carbocycles. The molecule has 4 N–H and O–H groups in total. The number of amides is 4. The summed E-state index contributed by atoms with van der Waals surface area (Å²) in [6, 6.07) is 17.8. The van der Waals surface area contributed by atoms with Gasteiger partial charge < -0.3 is 49.5 Å². The van der Waals surface area contributed by atoms with Crippen molar-refractivity contribution in [3.8, 4) is 17.2 Å². The number of benzene rings is 3. The monoisotopic (exact) mass is 707 g/mol. The molecule has 0 aromatic heterocycles. The number of carbonyl (C=O) groups excluding carboxylic acids is 3. The van der Waals surface area contributed by atoms with Gasteiger partial charge in [-0.25, -0.2) is 4.79 Å². The maximum atomic E-state index is 14.2. The molecule has 4 amide bonds. The zero-order valence-electron chi connectivity index (χ0n) is 26.5. The molecular formula is C32H33F2N5NaO8P. The zero-order chi connectivity index (χ0) is 34.3. The van der Waals surface area contributed by atoms with Crippen LogP contribution in [0.15, 0.2) is 85.5 Å². The van der Waals surface area contributed by atoms with E-state index in [-0.39, 0.29) is 85.0 Å². The first-order chi connectivity index (χ1) is 23.0. The Kier molecular flexibility index (Phi) is 13.3. The van der Waals surface area contributed by atoms with Gasteiger partial charge in [-0.1, -0.05) is 60.7 Å². The van der Waals surface area contributed by atoms with Crippen molar-refractivity contribution in [1.82, 2.24) is 25.8 Å². The van der Waals surface area contributed by atoms with E-state index >= 15 is 0 Å². The van der Waals surface area contributed by atoms with Gasteiger partial charge in [0.25, 0.3) is 0 Å². The Morgan fingerprint density at radius 3 is 2.51 bits per heavy atom. The number of nitrogens with one attached hydrogen (secondary N) is 3. The van der Waals surface area contributed by atoms with Crippen LogP contribution < -0.4 is 64.4 Å². The maximum absolute atomic E-state index is 14.2. The number of rotatable bonds is 13. The van der Waals surface area contributed by atoms with Crippen LogP contribution >= 0.6 is 8.60 Å². The molecule has 2 aliphatic rings. The van der Waals surface area contributed by atoms with Crippen molar-refractivity contribution in [3.63, 3.8) is 0 Å². The quantitative estimate of drug-likeness (QED) is 0.0783. The average Bonchev–Trinajstić information content (AvgIpc) is 3.38.